The Morgan fingerprint density at radius 3 is 1.65 bits per heavy atom. The molecule has 0 aromatic rings. The van der Waals surface area contributed by atoms with Gasteiger partial charge in [-0.15, -0.1) is 0 Å². The van der Waals surface area contributed by atoms with Gasteiger partial charge in [-0.3, -0.25) is 24.0 Å². The monoisotopic (exact) mass is 1320 g/mol. The molecule has 4 bridgehead atoms. The summed E-state index contributed by atoms with van der Waals surface area (Å²) in [5.41, 5.74) is -5.60. The number of hydrogen-bond donors (Lipinski definition) is 7. The van der Waals surface area contributed by atoms with Crippen LogP contribution >= 0.6 is 15.9 Å². The highest BCUT2D eigenvalue weighted by Crippen LogP contribution is 2.76. The topological polar surface area (TPSA) is 318 Å². The highest BCUT2D eigenvalue weighted by molar-refractivity contribution is 9.09. The van der Waals surface area contributed by atoms with Crippen LogP contribution in [-0.4, -0.2) is 175 Å². The van der Waals surface area contributed by atoms with E-state index >= 15 is 0 Å². The summed E-state index contributed by atoms with van der Waals surface area (Å²) >= 11 is 3.41. The first kappa shape index (κ1) is 71.3. The van der Waals surface area contributed by atoms with Crippen molar-refractivity contribution >= 4 is 51.2 Å². The maximum Gasteiger partial charge on any atom is 0.348 e. The summed E-state index contributed by atoms with van der Waals surface area (Å²) in [5, 5.41) is 81.8. The highest BCUT2D eigenvalue weighted by Gasteiger charge is 2.85. The first-order valence-electron chi connectivity index (χ1n) is 32.2. The Balaban J connectivity index is 0.000000216. The molecule has 7 unspecified atom stereocenters. The number of alkyl halides is 1. The lowest BCUT2D eigenvalue weighted by atomic mass is 9.37. The molecule has 4 saturated heterocycles. The van der Waals surface area contributed by atoms with Crippen molar-refractivity contribution < 1.29 is 102 Å². The standard InChI is InChI=1S/C33H49BrO11.C30H44O9.C4H8O/c1-9-41-23(13-34)45-27-20(35)10-17(6)19-11-21-31-14-42-33(40,29(31)30(19,27)8)26(37)18(7)24(31)25(28(38)43-21)44-22(36)12-32(39,15(2)3)16(4)5;1-13(2)29(36,14(3)4)11-17(31)9-18-22-16(6)23(33)30(37)26-27(7)19(15(5)8-20(32)24(27)34)10-21(39-25(18)35)28(22,26)12-38-30;1-3-5-4-2/h10,15-16,18-19,21,23-27,29,37,39-40H,9,11-14H2,1-8H3;8,13-14,16,18-19,21-24,26,33-34,36-37H,9-12H2,1-7H3;3H,1,4H2,2H3/t18-,19+,21-,23?,24?,25?,26-,27-,29?,30-,31+,33+;16-,18?,19+,21-,22?,23-,24-,26?,27-,28+,30+;/m11./s1. The number of rotatable bonds is 18. The lowest BCUT2D eigenvalue weighted by Gasteiger charge is -2.68. The van der Waals surface area contributed by atoms with Crippen molar-refractivity contribution in [2.75, 3.05) is 31.8 Å². The number of ether oxygens (including phenoxy) is 8. The van der Waals surface area contributed by atoms with Crippen molar-refractivity contribution in [2.24, 2.45) is 98.6 Å². The van der Waals surface area contributed by atoms with Crippen molar-refractivity contribution in [3.05, 3.63) is 36.1 Å². The molecule has 6 aliphatic carbocycles. The summed E-state index contributed by atoms with van der Waals surface area (Å²) in [6, 6.07) is 0. The van der Waals surface area contributed by atoms with Gasteiger partial charge in [-0.05, 0) is 106 Å². The van der Waals surface area contributed by atoms with Gasteiger partial charge in [0.05, 0.1) is 55.0 Å². The number of carbonyl (C=O) groups is 6. The Bertz CT molecular complexity index is 2780. The van der Waals surface area contributed by atoms with E-state index < -0.39 is 159 Å². The molecule has 4 aliphatic heterocycles. The summed E-state index contributed by atoms with van der Waals surface area (Å²) in [6.07, 6.45) is -4.64. The molecule has 0 amide bonds. The van der Waals surface area contributed by atoms with Gasteiger partial charge in [0, 0.05) is 58.9 Å². The predicted molar refractivity (Wildman–Crippen MR) is 324 cm³/mol. The Morgan fingerprint density at radius 1 is 0.719 bits per heavy atom. The fourth-order valence-corrected chi connectivity index (χ4v) is 20.1. The third-order valence-electron chi connectivity index (χ3n) is 24.1. The van der Waals surface area contributed by atoms with Crippen LogP contribution in [0.5, 0.6) is 0 Å². The number of allylic oxidation sites excluding steroid dienone is 2. The largest absolute Gasteiger partial charge is 0.502 e. The summed E-state index contributed by atoms with van der Waals surface area (Å²) in [4.78, 5) is 81.0. The number of aliphatic hydroxyl groups excluding tert-OH is 3. The molecule has 4 saturated carbocycles. The molecule has 10 rings (SSSR count). The third kappa shape index (κ3) is 10.7. The smallest absolute Gasteiger partial charge is 0.348 e. The van der Waals surface area contributed by atoms with Crippen LogP contribution in [0.15, 0.2) is 36.1 Å². The highest BCUT2D eigenvalue weighted by atomic mass is 79.9. The Labute approximate surface area is 532 Å². The molecule has 21 nitrogen and oxygen atoms in total. The molecular weight excluding hydrogens is 1220 g/mol. The zero-order valence-electron chi connectivity index (χ0n) is 54.9. The second-order valence-electron chi connectivity index (χ2n) is 29.4. The van der Waals surface area contributed by atoms with Crippen LogP contribution in [0.1, 0.15) is 143 Å². The molecule has 0 radical (unpaired) electrons. The number of ketones is 3. The third-order valence-corrected chi connectivity index (χ3v) is 24.6. The molecule has 7 N–H and O–H groups in total. The molecule has 89 heavy (non-hydrogen) atoms. The Kier molecular flexibility index (Phi) is 20.3. The van der Waals surface area contributed by atoms with Crippen LogP contribution in [0, 0.1) is 98.6 Å². The van der Waals surface area contributed by atoms with E-state index in [4.69, 9.17) is 33.2 Å². The molecule has 2 spiro atoms. The molecule has 23 atom stereocenters. The van der Waals surface area contributed by atoms with E-state index in [-0.39, 0.29) is 79.6 Å². The van der Waals surface area contributed by atoms with E-state index in [1.807, 2.05) is 83.1 Å². The fourth-order valence-electron chi connectivity index (χ4n) is 19.7. The number of esters is 3. The molecule has 22 heteroatoms. The number of Topliss-reactive ketones (excluding diaryl/α,β-unsaturated/α-hetero) is 1. The summed E-state index contributed by atoms with van der Waals surface area (Å²) in [5.74, 6) is -14.5. The van der Waals surface area contributed by atoms with Crippen LogP contribution in [-0.2, 0) is 66.7 Å². The Hall–Kier alpha value is -3.52. The zero-order valence-corrected chi connectivity index (χ0v) is 56.4. The second kappa shape index (κ2) is 25.3. The average Bonchev–Trinajstić information content (AvgIpc) is 1.62. The minimum atomic E-state index is -2.11. The number of hydrogen-bond acceptors (Lipinski definition) is 21. The fraction of sp³-hybridized carbons (Fsp3) is 0.821. The minimum Gasteiger partial charge on any atom is -0.502 e. The molecule has 0 aromatic heterocycles. The molecule has 502 valence electrons. The van der Waals surface area contributed by atoms with Crippen LogP contribution in [0.3, 0.4) is 0 Å². The van der Waals surface area contributed by atoms with Crippen molar-refractivity contribution in [3.8, 4) is 0 Å². The van der Waals surface area contributed by atoms with Gasteiger partial charge < -0.3 is 73.6 Å². The molecule has 0 aromatic carbocycles. The molecule has 4 heterocycles. The second-order valence-corrected chi connectivity index (χ2v) is 30.0. The normalized spacial score (nSPS) is 42.7. The van der Waals surface area contributed by atoms with Crippen LogP contribution in [0.2, 0.25) is 0 Å². The van der Waals surface area contributed by atoms with Crippen molar-refractivity contribution in [3.63, 3.8) is 0 Å². The summed E-state index contributed by atoms with van der Waals surface area (Å²) < 4.78 is 47.1. The molecule has 8 fully saturated rings. The number of carbonyl (C=O) groups excluding carboxylic acids is 6. The van der Waals surface area contributed by atoms with E-state index in [2.05, 4.69) is 27.2 Å². The van der Waals surface area contributed by atoms with Crippen LogP contribution in [0.25, 0.3) is 0 Å². The summed E-state index contributed by atoms with van der Waals surface area (Å²) in [6.45, 7) is 33.5. The quantitative estimate of drug-likeness (QED) is 0.0278. The van der Waals surface area contributed by atoms with E-state index in [1.165, 1.54) is 18.4 Å². The first-order valence-corrected chi connectivity index (χ1v) is 33.3. The van der Waals surface area contributed by atoms with E-state index in [0.717, 1.165) is 17.8 Å². The average molecular weight is 1320 g/mol. The van der Waals surface area contributed by atoms with E-state index in [1.54, 1.807) is 27.7 Å². The van der Waals surface area contributed by atoms with E-state index in [0.29, 0.717) is 24.8 Å². The van der Waals surface area contributed by atoms with Gasteiger partial charge >= 0.3 is 17.9 Å². The van der Waals surface area contributed by atoms with Crippen LogP contribution in [0.4, 0.5) is 0 Å². The number of aliphatic hydroxyl groups is 7. The summed E-state index contributed by atoms with van der Waals surface area (Å²) in [7, 11) is 0. The van der Waals surface area contributed by atoms with Crippen molar-refractivity contribution in [1.82, 2.24) is 0 Å². The van der Waals surface area contributed by atoms with Crippen molar-refractivity contribution in [1.29, 1.82) is 0 Å². The van der Waals surface area contributed by atoms with Gasteiger partial charge in [0.15, 0.2) is 29.4 Å². The van der Waals surface area contributed by atoms with Gasteiger partial charge in [0.25, 0.3) is 0 Å². The van der Waals surface area contributed by atoms with Gasteiger partial charge in [0.2, 0.25) is 6.10 Å². The van der Waals surface area contributed by atoms with Gasteiger partial charge in [-0.25, -0.2) is 4.79 Å². The lowest BCUT2D eigenvalue weighted by Crippen LogP contribution is -2.78. The minimum absolute atomic E-state index is 0.0310. The van der Waals surface area contributed by atoms with Gasteiger partial charge in [-0.2, -0.15) is 0 Å². The molecule has 10 aliphatic rings. The number of fused-ring (bicyclic) bond motifs is 2. The zero-order chi connectivity index (χ0) is 66.6. The predicted octanol–water partition coefficient (Wildman–Crippen LogP) is 5.85. The molecular formula is C67H101BrO21. The maximum atomic E-state index is 13.8. The number of halogens is 1. The van der Waals surface area contributed by atoms with Gasteiger partial charge in [-0.1, -0.05) is 117 Å². The lowest BCUT2D eigenvalue weighted by molar-refractivity contribution is -0.345. The Morgan fingerprint density at radius 2 is 1.18 bits per heavy atom. The van der Waals surface area contributed by atoms with E-state index in [9.17, 15) is 64.5 Å². The van der Waals surface area contributed by atoms with Gasteiger partial charge in [0.1, 0.15) is 42.4 Å². The first-order chi connectivity index (χ1) is 41.3. The maximum absolute atomic E-state index is 13.8. The van der Waals surface area contributed by atoms with Crippen LogP contribution < -0.4 is 0 Å². The SMILES string of the molecule is C=COCC.CC1=CC(=O)[C@@H](O)[C@]2(C)C3[C@]45CO[C@@]3(O)[C@H](O)[C@H](C)C4C(CC(=O)CC(O)(C(C)C)C(C)C)C(=O)O[C@@H]5C[C@@H]12.CCOC(CBr)O[C@@H]1C(=O)C=C(C)[C@@H]2C[C@H]3OC(=O)C(OC(=O)CC(O)(C(C)C)C(C)C)C4[C@@H](C)[C@@H](O)[C@]5(O)OC[C@@]43C5[C@@]12C. The van der Waals surface area contributed by atoms with Crippen molar-refractivity contribution in [2.45, 2.75) is 215 Å².